The van der Waals surface area contributed by atoms with Gasteiger partial charge in [-0.1, -0.05) is 25.4 Å². The van der Waals surface area contributed by atoms with E-state index in [0.717, 1.165) is 39.4 Å². The Morgan fingerprint density at radius 1 is 1.20 bits per heavy atom. The van der Waals surface area contributed by atoms with Crippen LogP contribution in [-0.4, -0.2) is 54.3 Å². The molecule has 2 aliphatic rings. The zero-order chi connectivity index (χ0) is 29.0. The lowest BCUT2D eigenvalue weighted by molar-refractivity contribution is -0.126. The molecule has 9 nitrogen and oxygen atoms in total. The Kier molecular flexibility index (Phi) is 7.23. The average molecular weight is 637 g/mol. The summed E-state index contributed by atoms with van der Waals surface area (Å²) in [4.78, 5) is 36.1. The smallest absolute Gasteiger partial charge is 0.254 e. The summed E-state index contributed by atoms with van der Waals surface area (Å²) in [6.07, 6.45) is 3.19. The Morgan fingerprint density at radius 2 is 1.95 bits per heavy atom. The van der Waals surface area contributed by atoms with Crippen molar-refractivity contribution >= 4 is 50.9 Å². The maximum absolute atomic E-state index is 14.3. The molecule has 0 spiro atoms. The fourth-order valence-corrected chi connectivity index (χ4v) is 6.39. The van der Waals surface area contributed by atoms with Gasteiger partial charge in [-0.3, -0.25) is 19.6 Å². The predicted octanol–water partition coefficient (Wildman–Crippen LogP) is 6.36. The number of carbonyl (C=O) groups is 2. The van der Waals surface area contributed by atoms with Crippen molar-refractivity contribution in [3.8, 4) is 11.4 Å². The molecule has 1 N–H and O–H groups in total. The number of piperidine rings is 1. The van der Waals surface area contributed by atoms with Crippen LogP contribution in [0.15, 0.2) is 53.1 Å². The third kappa shape index (κ3) is 4.97. The van der Waals surface area contributed by atoms with Gasteiger partial charge in [-0.05, 0) is 91.0 Å². The number of halogens is 2. The van der Waals surface area contributed by atoms with Gasteiger partial charge in [-0.15, -0.1) is 0 Å². The van der Waals surface area contributed by atoms with E-state index in [0.29, 0.717) is 35.3 Å². The molecule has 41 heavy (non-hydrogen) atoms. The van der Waals surface area contributed by atoms with Gasteiger partial charge in [0.15, 0.2) is 5.82 Å². The highest BCUT2D eigenvalue weighted by molar-refractivity contribution is 9.10. The van der Waals surface area contributed by atoms with Crippen LogP contribution in [-0.2, 0) is 11.2 Å². The lowest BCUT2D eigenvalue weighted by Gasteiger charge is -2.47. The molecule has 0 aliphatic carbocycles. The van der Waals surface area contributed by atoms with Crippen LogP contribution in [0.1, 0.15) is 55.0 Å². The van der Waals surface area contributed by atoms with E-state index in [-0.39, 0.29) is 29.8 Å². The Balaban J connectivity index is 1.38. The van der Waals surface area contributed by atoms with Gasteiger partial charge in [0.2, 0.25) is 5.91 Å². The first-order chi connectivity index (χ1) is 19.6. The monoisotopic (exact) mass is 635 g/mol. The number of hydrogen-bond donors (Lipinski definition) is 1. The van der Waals surface area contributed by atoms with Gasteiger partial charge >= 0.3 is 0 Å². The highest BCUT2D eigenvalue weighted by Gasteiger charge is 2.48. The van der Waals surface area contributed by atoms with Gasteiger partial charge in [0.05, 0.1) is 28.9 Å². The number of nitrogens with zero attached hydrogens (tertiary/aromatic N) is 6. The topological polar surface area (TPSA) is 100 Å². The maximum Gasteiger partial charge on any atom is 0.254 e. The fraction of sp³-hybridized carbons (Fsp3) is 0.367. The third-order valence-electron chi connectivity index (χ3n) is 7.92. The van der Waals surface area contributed by atoms with Gasteiger partial charge in [0, 0.05) is 33.7 Å². The number of rotatable bonds is 5. The third-order valence-corrected chi connectivity index (χ3v) is 9.15. The van der Waals surface area contributed by atoms with E-state index < -0.39 is 0 Å². The van der Waals surface area contributed by atoms with Gasteiger partial charge < -0.3 is 4.90 Å². The SMILES string of the molecule is Cc1nc(-c2ccc(N3C(=O)C4C[C@@H](C)N(C(=O)c5ccc(Br)c(Cl)c5)CC4n4ncc(CC(C)C)c43)cc2)n[nH]1. The molecule has 2 aromatic heterocycles. The van der Waals surface area contributed by atoms with Gasteiger partial charge in [0.1, 0.15) is 11.6 Å². The first kappa shape index (κ1) is 27.7. The van der Waals surface area contributed by atoms with Gasteiger partial charge in [-0.2, -0.15) is 10.2 Å². The summed E-state index contributed by atoms with van der Waals surface area (Å²) in [6.45, 7) is 8.56. The van der Waals surface area contributed by atoms with Crippen molar-refractivity contribution in [2.45, 2.75) is 52.6 Å². The number of likely N-dealkylation sites (tertiary alicyclic amines) is 1. The number of H-pyrrole nitrogens is 1. The number of benzene rings is 2. The minimum atomic E-state index is -0.322. The molecule has 2 aliphatic heterocycles. The van der Waals surface area contributed by atoms with Crippen LogP contribution in [0, 0.1) is 18.8 Å². The molecule has 3 atom stereocenters. The summed E-state index contributed by atoms with van der Waals surface area (Å²) in [5, 5.41) is 12.4. The molecule has 212 valence electrons. The van der Waals surface area contributed by atoms with E-state index in [2.05, 4.69) is 45.0 Å². The Bertz CT molecular complexity index is 1630. The van der Waals surface area contributed by atoms with Gasteiger partial charge in [0.25, 0.3) is 5.91 Å². The summed E-state index contributed by atoms with van der Waals surface area (Å²) in [5.41, 5.74) is 3.17. The first-order valence-electron chi connectivity index (χ1n) is 13.8. The van der Waals surface area contributed by atoms with E-state index in [1.54, 1.807) is 18.2 Å². The lowest BCUT2D eigenvalue weighted by atomic mass is 9.84. The van der Waals surface area contributed by atoms with E-state index in [4.69, 9.17) is 16.7 Å². The zero-order valence-corrected chi connectivity index (χ0v) is 25.6. The minimum Gasteiger partial charge on any atom is -0.334 e. The molecule has 0 bridgehead atoms. The van der Waals surface area contributed by atoms with Crippen LogP contribution < -0.4 is 4.90 Å². The maximum atomic E-state index is 14.3. The van der Waals surface area contributed by atoms with Gasteiger partial charge in [-0.25, -0.2) is 9.67 Å². The second-order valence-corrected chi connectivity index (χ2v) is 12.6. The standard InChI is InChI=1S/C30H31BrClN7O2/c1-16(2)11-21-14-33-39-26-15-37(29(40)20-7-10-24(31)25(32)13-20)17(3)12-23(26)30(41)38(28(21)39)22-8-5-19(6-9-22)27-34-18(4)35-36-27/h5-10,13-14,16-17,23,26H,11-12,15H2,1-4H3,(H,34,35,36)/t17-,23?,26?/m1/s1. The second kappa shape index (κ2) is 10.7. The number of nitrogens with one attached hydrogen (secondary N) is 1. The summed E-state index contributed by atoms with van der Waals surface area (Å²) in [6, 6.07) is 12.6. The second-order valence-electron chi connectivity index (χ2n) is 11.3. The fourth-order valence-electron chi connectivity index (χ4n) is 5.97. The number of aryl methyl sites for hydroxylation is 1. The van der Waals surface area contributed by atoms with Crippen molar-refractivity contribution in [2.24, 2.45) is 11.8 Å². The molecule has 2 unspecified atom stereocenters. The van der Waals surface area contributed by atoms with E-state index in [9.17, 15) is 9.59 Å². The number of anilines is 2. The quantitative estimate of drug-likeness (QED) is 0.275. The number of carbonyl (C=O) groups excluding carboxylic acids is 2. The lowest BCUT2D eigenvalue weighted by Crippen LogP contribution is -2.56. The van der Waals surface area contributed by atoms with Crippen molar-refractivity contribution in [3.05, 3.63) is 75.1 Å². The van der Waals surface area contributed by atoms with Crippen LogP contribution in [0.25, 0.3) is 11.4 Å². The molecule has 2 aromatic carbocycles. The molecule has 0 saturated carbocycles. The predicted molar refractivity (Wildman–Crippen MR) is 161 cm³/mol. The first-order valence-corrected chi connectivity index (χ1v) is 14.9. The number of aromatic amines is 1. The minimum absolute atomic E-state index is 0.0279. The Hall–Kier alpha value is -3.50. The number of hydrogen-bond acceptors (Lipinski definition) is 5. The van der Waals surface area contributed by atoms with E-state index >= 15 is 0 Å². The van der Waals surface area contributed by atoms with Crippen LogP contribution in [0.3, 0.4) is 0 Å². The van der Waals surface area contributed by atoms with Crippen molar-refractivity contribution in [2.75, 3.05) is 11.4 Å². The number of fused-ring (bicyclic) bond motifs is 3. The molecular formula is C30H31BrClN7O2. The molecular weight excluding hydrogens is 606 g/mol. The molecule has 0 radical (unpaired) electrons. The van der Waals surface area contributed by atoms with Crippen molar-refractivity contribution in [1.82, 2.24) is 29.9 Å². The van der Waals surface area contributed by atoms with Crippen molar-refractivity contribution in [1.29, 1.82) is 0 Å². The zero-order valence-electron chi connectivity index (χ0n) is 23.3. The normalized spacial score (nSPS) is 20.4. The summed E-state index contributed by atoms with van der Waals surface area (Å²) in [5.74, 6) is 2.11. The average Bonchev–Trinajstić information content (AvgIpc) is 3.56. The molecule has 1 saturated heterocycles. The highest BCUT2D eigenvalue weighted by Crippen LogP contribution is 2.45. The number of aromatic nitrogens is 5. The number of amides is 2. The molecule has 2 amide bonds. The molecule has 4 aromatic rings. The van der Waals surface area contributed by atoms with E-state index in [1.165, 1.54) is 0 Å². The van der Waals surface area contributed by atoms with Crippen LogP contribution in [0.4, 0.5) is 11.5 Å². The van der Waals surface area contributed by atoms with E-state index in [1.807, 2.05) is 58.8 Å². The highest BCUT2D eigenvalue weighted by atomic mass is 79.9. The van der Waals surface area contributed by atoms with Crippen LogP contribution in [0.5, 0.6) is 0 Å². The summed E-state index contributed by atoms with van der Waals surface area (Å²) in [7, 11) is 0. The van der Waals surface area contributed by atoms with Crippen LogP contribution in [0.2, 0.25) is 5.02 Å². The van der Waals surface area contributed by atoms with Crippen LogP contribution >= 0.6 is 27.5 Å². The molecule has 11 heteroatoms. The molecule has 1 fully saturated rings. The summed E-state index contributed by atoms with van der Waals surface area (Å²) >= 11 is 9.70. The molecule has 6 rings (SSSR count). The summed E-state index contributed by atoms with van der Waals surface area (Å²) < 4.78 is 2.71. The molecule has 4 heterocycles. The Morgan fingerprint density at radius 3 is 2.61 bits per heavy atom. The largest absolute Gasteiger partial charge is 0.334 e. The van der Waals surface area contributed by atoms with Crippen molar-refractivity contribution in [3.63, 3.8) is 0 Å². The Labute approximate surface area is 252 Å². The van der Waals surface area contributed by atoms with Crippen molar-refractivity contribution < 1.29 is 9.59 Å².